The minimum absolute atomic E-state index is 0.0648. The standard InChI is InChI=1S/C8H14N4O2/c1-8(2,3)6(13)7(11-14)12-5-9-4-10-12/h4-6,13-14H,1-3H3/b11-7+. The van der Waals surface area contributed by atoms with Crippen molar-refractivity contribution in [2.75, 3.05) is 0 Å². The lowest BCUT2D eigenvalue weighted by atomic mass is 9.88. The summed E-state index contributed by atoms with van der Waals surface area (Å²) in [7, 11) is 0. The SMILES string of the molecule is CC(C)(C)C(O)/C(=N\O)n1cncn1. The van der Waals surface area contributed by atoms with E-state index in [4.69, 9.17) is 5.21 Å². The molecule has 0 radical (unpaired) electrons. The number of hydrogen-bond acceptors (Lipinski definition) is 5. The van der Waals surface area contributed by atoms with Gasteiger partial charge in [-0.1, -0.05) is 25.9 Å². The van der Waals surface area contributed by atoms with Crippen LogP contribution < -0.4 is 0 Å². The molecule has 0 fully saturated rings. The fraction of sp³-hybridized carbons (Fsp3) is 0.625. The fourth-order valence-electron chi connectivity index (χ4n) is 0.940. The molecule has 1 heterocycles. The lowest BCUT2D eigenvalue weighted by molar-refractivity contribution is 0.114. The second-order valence-electron chi connectivity index (χ2n) is 4.07. The van der Waals surface area contributed by atoms with Crippen LogP contribution in [0.3, 0.4) is 0 Å². The molecule has 6 heteroatoms. The first-order valence-electron chi connectivity index (χ1n) is 4.22. The van der Waals surface area contributed by atoms with Gasteiger partial charge in [0, 0.05) is 0 Å². The van der Waals surface area contributed by atoms with Gasteiger partial charge in [-0.2, -0.15) is 5.10 Å². The van der Waals surface area contributed by atoms with E-state index in [0.29, 0.717) is 0 Å². The first-order chi connectivity index (χ1) is 6.46. The third kappa shape index (κ3) is 2.08. The first kappa shape index (κ1) is 10.6. The maximum atomic E-state index is 9.84. The van der Waals surface area contributed by atoms with Gasteiger partial charge in [0.05, 0.1) is 0 Å². The zero-order chi connectivity index (χ0) is 10.8. The molecular weight excluding hydrogens is 184 g/mol. The Kier molecular flexibility index (Phi) is 2.85. The van der Waals surface area contributed by atoms with Gasteiger partial charge in [-0.25, -0.2) is 9.67 Å². The van der Waals surface area contributed by atoms with E-state index in [1.165, 1.54) is 17.3 Å². The average Bonchev–Trinajstić information content (AvgIpc) is 2.57. The quantitative estimate of drug-likeness (QED) is 0.294. The Morgan fingerprint density at radius 2 is 2.14 bits per heavy atom. The summed E-state index contributed by atoms with van der Waals surface area (Å²) >= 11 is 0. The molecule has 78 valence electrons. The molecule has 1 rings (SSSR count). The highest BCUT2D eigenvalue weighted by molar-refractivity contribution is 5.87. The summed E-state index contributed by atoms with van der Waals surface area (Å²) in [4.78, 5) is 3.70. The molecular formula is C8H14N4O2. The lowest BCUT2D eigenvalue weighted by Gasteiger charge is -2.25. The molecule has 0 spiro atoms. The average molecular weight is 198 g/mol. The molecule has 0 aliphatic rings. The summed E-state index contributed by atoms with van der Waals surface area (Å²) in [5, 5.41) is 25.4. The Balaban J connectivity index is 2.96. The van der Waals surface area contributed by atoms with Gasteiger partial charge in [0.2, 0.25) is 0 Å². The van der Waals surface area contributed by atoms with E-state index in [1.54, 1.807) is 0 Å². The van der Waals surface area contributed by atoms with Crippen LogP contribution in [0.4, 0.5) is 0 Å². The molecule has 1 unspecified atom stereocenters. The van der Waals surface area contributed by atoms with Crippen LogP contribution in [0.15, 0.2) is 17.8 Å². The maximum Gasteiger partial charge on any atom is 0.199 e. The van der Waals surface area contributed by atoms with Crippen LogP contribution in [-0.4, -0.2) is 37.0 Å². The first-order valence-corrected chi connectivity index (χ1v) is 4.22. The van der Waals surface area contributed by atoms with Gasteiger partial charge in [-0.15, -0.1) is 0 Å². The van der Waals surface area contributed by atoms with Gasteiger partial charge in [0.1, 0.15) is 18.8 Å². The predicted octanol–water partition coefficient (Wildman–Crippen LogP) is 0.321. The summed E-state index contributed by atoms with van der Waals surface area (Å²) in [6.45, 7) is 5.50. The second kappa shape index (κ2) is 3.75. The molecule has 0 aliphatic heterocycles. The van der Waals surface area contributed by atoms with Crippen molar-refractivity contribution < 1.29 is 10.3 Å². The van der Waals surface area contributed by atoms with E-state index in [1.807, 2.05) is 20.8 Å². The van der Waals surface area contributed by atoms with E-state index in [9.17, 15) is 5.11 Å². The molecule has 14 heavy (non-hydrogen) atoms. The Labute approximate surface area is 81.9 Å². The minimum atomic E-state index is -0.908. The van der Waals surface area contributed by atoms with Crippen LogP contribution >= 0.6 is 0 Å². The lowest BCUT2D eigenvalue weighted by Crippen LogP contribution is -2.38. The smallest absolute Gasteiger partial charge is 0.199 e. The number of hydrogen-bond donors (Lipinski definition) is 2. The second-order valence-corrected chi connectivity index (χ2v) is 4.07. The van der Waals surface area contributed by atoms with Crippen molar-refractivity contribution in [2.45, 2.75) is 26.9 Å². The molecule has 1 atom stereocenters. The molecule has 0 aromatic carbocycles. The number of aliphatic hydroxyl groups excluding tert-OH is 1. The topological polar surface area (TPSA) is 83.5 Å². The molecule has 1 aromatic rings. The van der Waals surface area contributed by atoms with Crippen molar-refractivity contribution in [3.05, 3.63) is 12.7 Å². The summed E-state index contributed by atoms with van der Waals surface area (Å²) in [6, 6.07) is 0. The summed E-state index contributed by atoms with van der Waals surface area (Å²) in [5.41, 5.74) is -0.423. The van der Waals surface area contributed by atoms with Crippen molar-refractivity contribution in [1.29, 1.82) is 0 Å². The van der Waals surface area contributed by atoms with Crippen molar-refractivity contribution in [3.8, 4) is 0 Å². The molecule has 6 nitrogen and oxygen atoms in total. The zero-order valence-corrected chi connectivity index (χ0v) is 8.42. The van der Waals surface area contributed by atoms with Gasteiger partial charge < -0.3 is 10.3 Å². The van der Waals surface area contributed by atoms with Crippen molar-refractivity contribution in [2.24, 2.45) is 10.6 Å². The van der Waals surface area contributed by atoms with Crippen LogP contribution in [0.2, 0.25) is 0 Å². The van der Waals surface area contributed by atoms with Gasteiger partial charge in [0.25, 0.3) is 0 Å². The fourth-order valence-corrected chi connectivity index (χ4v) is 0.940. The van der Waals surface area contributed by atoms with Gasteiger partial charge >= 0.3 is 0 Å². The number of oxime groups is 1. The van der Waals surface area contributed by atoms with E-state index < -0.39 is 11.5 Å². The molecule has 0 amide bonds. The van der Waals surface area contributed by atoms with Gasteiger partial charge in [-0.05, 0) is 5.41 Å². The van der Waals surface area contributed by atoms with Crippen molar-refractivity contribution in [3.63, 3.8) is 0 Å². The largest absolute Gasteiger partial charge is 0.409 e. The Hall–Kier alpha value is -1.43. The van der Waals surface area contributed by atoms with Crippen LogP contribution in [-0.2, 0) is 0 Å². The number of rotatable bonds is 1. The number of aliphatic hydroxyl groups is 1. The molecule has 0 bridgehead atoms. The van der Waals surface area contributed by atoms with E-state index in [-0.39, 0.29) is 5.84 Å². The van der Waals surface area contributed by atoms with Crippen LogP contribution in [0.25, 0.3) is 0 Å². The zero-order valence-electron chi connectivity index (χ0n) is 8.42. The van der Waals surface area contributed by atoms with Crippen LogP contribution in [0.5, 0.6) is 0 Å². The van der Waals surface area contributed by atoms with E-state index in [0.717, 1.165) is 0 Å². The Morgan fingerprint density at radius 1 is 1.50 bits per heavy atom. The Morgan fingerprint density at radius 3 is 2.50 bits per heavy atom. The summed E-state index contributed by atoms with van der Waals surface area (Å²) in [6.07, 6.45) is 1.76. The molecule has 2 N–H and O–H groups in total. The predicted molar refractivity (Wildman–Crippen MR) is 50.1 cm³/mol. The molecule has 0 saturated carbocycles. The summed E-state index contributed by atoms with van der Waals surface area (Å²) < 4.78 is 1.23. The highest BCUT2D eigenvalue weighted by Gasteiger charge is 2.29. The molecule has 1 aromatic heterocycles. The molecule has 0 aliphatic carbocycles. The summed E-state index contributed by atoms with van der Waals surface area (Å²) in [5.74, 6) is 0.0648. The number of aromatic nitrogens is 3. The van der Waals surface area contributed by atoms with E-state index in [2.05, 4.69) is 15.2 Å². The van der Waals surface area contributed by atoms with Gasteiger partial charge in [-0.3, -0.25) is 0 Å². The van der Waals surface area contributed by atoms with Crippen LogP contribution in [0, 0.1) is 5.41 Å². The normalized spacial score (nSPS) is 15.6. The number of nitrogens with zero attached hydrogens (tertiary/aromatic N) is 4. The molecule has 0 saturated heterocycles. The third-order valence-corrected chi connectivity index (χ3v) is 1.82. The van der Waals surface area contributed by atoms with Crippen molar-refractivity contribution in [1.82, 2.24) is 14.8 Å². The third-order valence-electron chi connectivity index (χ3n) is 1.82. The van der Waals surface area contributed by atoms with Crippen molar-refractivity contribution >= 4 is 5.84 Å². The highest BCUT2D eigenvalue weighted by atomic mass is 16.4. The minimum Gasteiger partial charge on any atom is -0.409 e. The van der Waals surface area contributed by atoms with Gasteiger partial charge in [0.15, 0.2) is 5.84 Å². The van der Waals surface area contributed by atoms with Crippen LogP contribution in [0.1, 0.15) is 20.8 Å². The maximum absolute atomic E-state index is 9.84. The highest BCUT2D eigenvalue weighted by Crippen LogP contribution is 2.20. The van der Waals surface area contributed by atoms with E-state index >= 15 is 0 Å². The Bertz CT molecular complexity index is 313. The monoisotopic (exact) mass is 198 g/mol.